The summed E-state index contributed by atoms with van der Waals surface area (Å²) in [5.41, 5.74) is 0.506. The summed E-state index contributed by atoms with van der Waals surface area (Å²) in [7, 11) is 0. The monoisotopic (exact) mass is 269 g/mol. The van der Waals surface area contributed by atoms with Gasteiger partial charge in [-0.15, -0.1) is 0 Å². The van der Waals surface area contributed by atoms with E-state index < -0.39 is 0 Å². The van der Waals surface area contributed by atoms with Gasteiger partial charge in [0, 0.05) is 12.6 Å². The summed E-state index contributed by atoms with van der Waals surface area (Å²) in [6.45, 7) is 12.7. The third-order valence-corrected chi connectivity index (χ3v) is 4.42. The maximum atomic E-state index is 3.61. The quantitative estimate of drug-likeness (QED) is 0.408. The smallest absolute Gasteiger partial charge is 0.00106 e. The Morgan fingerprint density at radius 2 is 1.37 bits per heavy atom. The first kappa shape index (κ1) is 19.0. The second-order valence-electron chi connectivity index (χ2n) is 6.92. The van der Waals surface area contributed by atoms with Gasteiger partial charge in [-0.05, 0) is 18.3 Å². The maximum Gasteiger partial charge on any atom is 0.00106 e. The Labute approximate surface area is 122 Å². The molecule has 0 aromatic heterocycles. The second-order valence-corrected chi connectivity index (χ2v) is 6.92. The molecule has 0 aliphatic heterocycles. The first-order valence-corrected chi connectivity index (χ1v) is 8.77. The van der Waals surface area contributed by atoms with Gasteiger partial charge in [-0.1, -0.05) is 86.0 Å². The Morgan fingerprint density at radius 3 is 1.84 bits per heavy atom. The van der Waals surface area contributed by atoms with E-state index >= 15 is 0 Å². The van der Waals surface area contributed by atoms with Crippen molar-refractivity contribution in [3.63, 3.8) is 0 Å². The number of hydrogen-bond acceptors (Lipinski definition) is 1. The SMILES string of the molecule is CCCCCCCCCCC(C)(CC)CNC(C)C. The Balaban J connectivity index is 3.54. The van der Waals surface area contributed by atoms with E-state index in [-0.39, 0.29) is 0 Å². The summed E-state index contributed by atoms with van der Waals surface area (Å²) in [5.74, 6) is 0. The molecule has 0 saturated carbocycles. The third kappa shape index (κ3) is 11.5. The van der Waals surface area contributed by atoms with Crippen molar-refractivity contribution in [1.29, 1.82) is 0 Å². The molecule has 19 heavy (non-hydrogen) atoms. The van der Waals surface area contributed by atoms with Gasteiger partial charge in [0.15, 0.2) is 0 Å². The average Bonchev–Trinajstić information content (AvgIpc) is 2.39. The lowest BCUT2D eigenvalue weighted by atomic mass is 9.81. The van der Waals surface area contributed by atoms with Crippen LogP contribution in [0.2, 0.25) is 0 Å². The summed E-state index contributed by atoms with van der Waals surface area (Å²) < 4.78 is 0. The Morgan fingerprint density at radius 1 is 0.842 bits per heavy atom. The molecule has 0 rings (SSSR count). The summed E-state index contributed by atoms with van der Waals surface area (Å²) in [6, 6.07) is 0.615. The van der Waals surface area contributed by atoms with Gasteiger partial charge in [-0.3, -0.25) is 0 Å². The van der Waals surface area contributed by atoms with Crippen LogP contribution in [0.25, 0.3) is 0 Å². The van der Waals surface area contributed by atoms with Crippen LogP contribution in [0.1, 0.15) is 98.8 Å². The minimum atomic E-state index is 0.506. The zero-order valence-corrected chi connectivity index (χ0v) is 14.4. The molecule has 0 aliphatic rings. The van der Waals surface area contributed by atoms with Crippen LogP contribution in [0.4, 0.5) is 0 Å². The summed E-state index contributed by atoms with van der Waals surface area (Å²) in [4.78, 5) is 0. The first-order chi connectivity index (χ1) is 9.04. The topological polar surface area (TPSA) is 12.0 Å². The molecule has 0 saturated heterocycles. The number of rotatable bonds is 13. The fourth-order valence-electron chi connectivity index (χ4n) is 2.53. The van der Waals surface area contributed by atoms with Gasteiger partial charge >= 0.3 is 0 Å². The van der Waals surface area contributed by atoms with E-state index in [1.54, 1.807) is 0 Å². The van der Waals surface area contributed by atoms with E-state index in [4.69, 9.17) is 0 Å². The van der Waals surface area contributed by atoms with Crippen LogP contribution in [-0.2, 0) is 0 Å². The summed E-state index contributed by atoms with van der Waals surface area (Å²) in [5, 5.41) is 3.61. The maximum absolute atomic E-state index is 3.61. The molecule has 116 valence electrons. The molecule has 1 heteroatoms. The van der Waals surface area contributed by atoms with E-state index in [0.717, 1.165) is 0 Å². The van der Waals surface area contributed by atoms with E-state index in [2.05, 4.69) is 39.9 Å². The fourth-order valence-corrected chi connectivity index (χ4v) is 2.53. The van der Waals surface area contributed by atoms with Gasteiger partial charge in [0.1, 0.15) is 0 Å². The van der Waals surface area contributed by atoms with Gasteiger partial charge in [0.25, 0.3) is 0 Å². The molecular weight excluding hydrogens is 230 g/mol. The molecule has 1 atom stereocenters. The molecule has 0 aromatic carbocycles. The molecular formula is C18H39N. The first-order valence-electron chi connectivity index (χ1n) is 8.77. The largest absolute Gasteiger partial charge is 0.314 e. The van der Waals surface area contributed by atoms with Gasteiger partial charge in [0.2, 0.25) is 0 Å². The van der Waals surface area contributed by atoms with Crippen LogP contribution in [0.15, 0.2) is 0 Å². The lowest BCUT2D eigenvalue weighted by Gasteiger charge is -2.30. The average molecular weight is 270 g/mol. The van der Waals surface area contributed by atoms with Gasteiger partial charge in [-0.2, -0.15) is 0 Å². The van der Waals surface area contributed by atoms with E-state index in [0.29, 0.717) is 11.5 Å². The highest BCUT2D eigenvalue weighted by molar-refractivity contribution is 4.76. The molecule has 1 unspecified atom stereocenters. The van der Waals surface area contributed by atoms with Crippen molar-refractivity contribution >= 4 is 0 Å². The standard InChI is InChI=1S/C18H39N/c1-6-8-9-10-11-12-13-14-15-18(5,7-2)16-19-17(3)4/h17,19H,6-16H2,1-5H3. The van der Waals surface area contributed by atoms with Gasteiger partial charge in [-0.25, -0.2) is 0 Å². The van der Waals surface area contributed by atoms with Crippen LogP contribution in [-0.4, -0.2) is 12.6 Å². The third-order valence-electron chi connectivity index (χ3n) is 4.42. The number of hydrogen-bond donors (Lipinski definition) is 1. The lowest BCUT2D eigenvalue weighted by molar-refractivity contribution is 0.252. The Bertz CT molecular complexity index is 188. The molecule has 1 nitrogen and oxygen atoms in total. The van der Waals surface area contributed by atoms with Crippen molar-refractivity contribution in [3.05, 3.63) is 0 Å². The summed E-state index contributed by atoms with van der Waals surface area (Å²) in [6.07, 6.45) is 14.1. The molecule has 0 radical (unpaired) electrons. The second kappa shape index (κ2) is 11.8. The normalized spacial score (nSPS) is 14.8. The van der Waals surface area contributed by atoms with Crippen LogP contribution in [0, 0.1) is 5.41 Å². The predicted molar refractivity (Wildman–Crippen MR) is 88.8 cm³/mol. The fraction of sp³-hybridized carbons (Fsp3) is 1.00. The number of nitrogens with one attached hydrogen (secondary N) is 1. The van der Waals surface area contributed by atoms with Crippen LogP contribution in [0.5, 0.6) is 0 Å². The zero-order chi connectivity index (χ0) is 14.6. The van der Waals surface area contributed by atoms with Crippen molar-refractivity contribution in [2.45, 2.75) is 105 Å². The molecule has 0 bridgehead atoms. The Hall–Kier alpha value is -0.0400. The predicted octanol–water partition coefficient (Wildman–Crippen LogP) is 5.93. The van der Waals surface area contributed by atoms with Crippen LogP contribution >= 0.6 is 0 Å². The lowest BCUT2D eigenvalue weighted by Crippen LogP contribution is -2.35. The summed E-state index contributed by atoms with van der Waals surface area (Å²) >= 11 is 0. The molecule has 1 N–H and O–H groups in total. The van der Waals surface area contributed by atoms with Crippen LogP contribution < -0.4 is 5.32 Å². The molecule has 0 aromatic rings. The van der Waals surface area contributed by atoms with Gasteiger partial charge < -0.3 is 5.32 Å². The van der Waals surface area contributed by atoms with Crippen LogP contribution in [0.3, 0.4) is 0 Å². The molecule has 0 aliphatic carbocycles. The van der Waals surface area contributed by atoms with Crippen molar-refractivity contribution in [2.75, 3.05) is 6.54 Å². The minimum Gasteiger partial charge on any atom is -0.314 e. The van der Waals surface area contributed by atoms with Crippen molar-refractivity contribution in [1.82, 2.24) is 5.32 Å². The van der Waals surface area contributed by atoms with Crippen molar-refractivity contribution < 1.29 is 0 Å². The highest BCUT2D eigenvalue weighted by Crippen LogP contribution is 2.28. The van der Waals surface area contributed by atoms with Crippen molar-refractivity contribution in [2.24, 2.45) is 5.41 Å². The van der Waals surface area contributed by atoms with E-state index in [9.17, 15) is 0 Å². The zero-order valence-electron chi connectivity index (χ0n) is 14.4. The van der Waals surface area contributed by atoms with E-state index in [1.165, 1.54) is 70.8 Å². The number of unbranched alkanes of at least 4 members (excludes halogenated alkanes) is 7. The highest BCUT2D eigenvalue weighted by atomic mass is 14.9. The minimum absolute atomic E-state index is 0.506. The molecule has 0 fully saturated rings. The molecule has 0 spiro atoms. The highest BCUT2D eigenvalue weighted by Gasteiger charge is 2.21. The molecule has 0 amide bonds. The van der Waals surface area contributed by atoms with Crippen molar-refractivity contribution in [3.8, 4) is 0 Å². The van der Waals surface area contributed by atoms with E-state index in [1.807, 2.05) is 0 Å². The molecule has 0 heterocycles. The Kier molecular flexibility index (Phi) is 11.7. The van der Waals surface area contributed by atoms with Gasteiger partial charge in [0.05, 0.1) is 0 Å².